The number of benzene rings is 1. The second kappa shape index (κ2) is 9.55. The third-order valence-corrected chi connectivity index (χ3v) is 3.57. The maximum Gasteiger partial charge on any atom is 0.226 e. The molecule has 0 saturated heterocycles. The van der Waals surface area contributed by atoms with Gasteiger partial charge in [0.1, 0.15) is 5.75 Å². The molecule has 2 rings (SSSR count). The Bertz CT molecular complexity index is 757. The monoisotopic (exact) mass is 360 g/mol. The van der Waals surface area contributed by atoms with E-state index in [4.69, 9.17) is 9.26 Å². The van der Waals surface area contributed by atoms with Gasteiger partial charge in [-0.3, -0.25) is 9.59 Å². The van der Waals surface area contributed by atoms with Crippen molar-refractivity contribution >= 4 is 23.2 Å². The Balaban J connectivity index is 1.85. The summed E-state index contributed by atoms with van der Waals surface area (Å²) in [6.45, 7) is 3.46. The van der Waals surface area contributed by atoms with Crippen LogP contribution < -0.4 is 15.4 Å². The molecule has 0 atom stereocenters. The Morgan fingerprint density at radius 1 is 1.23 bits per heavy atom. The van der Waals surface area contributed by atoms with Crippen LogP contribution >= 0.6 is 0 Å². The van der Waals surface area contributed by atoms with E-state index in [1.54, 1.807) is 18.2 Å². The predicted molar refractivity (Wildman–Crippen MR) is 97.2 cm³/mol. The highest BCUT2D eigenvalue weighted by atomic mass is 16.5. The summed E-state index contributed by atoms with van der Waals surface area (Å²) in [6.07, 6.45) is 3.24. The van der Waals surface area contributed by atoms with Crippen LogP contribution in [0.1, 0.15) is 44.8 Å². The first-order chi connectivity index (χ1) is 12.5. The lowest BCUT2D eigenvalue weighted by Gasteiger charge is -2.11. The number of hydrogen-bond acceptors (Lipinski definition) is 6. The number of rotatable bonds is 9. The van der Waals surface area contributed by atoms with E-state index in [9.17, 15) is 9.59 Å². The van der Waals surface area contributed by atoms with Gasteiger partial charge in [0, 0.05) is 31.9 Å². The molecule has 1 heterocycles. The number of nitrogens with one attached hydrogen (secondary N) is 2. The maximum atomic E-state index is 12.1. The molecule has 1 aromatic carbocycles. The lowest BCUT2D eigenvalue weighted by atomic mass is 10.2. The van der Waals surface area contributed by atoms with Crippen molar-refractivity contribution in [3.05, 3.63) is 29.9 Å². The van der Waals surface area contributed by atoms with E-state index in [2.05, 4.69) is 27.7 Å². The first-order valence-corrected chi connectivity index (χ1v) is 8.58. The van der Waals surface area contributed by atoms with Crippen molar-refractivity contribution in [1.82, 2.24) is 10.1 Å². The van der Waals surface area contributed by atoms with Crippen LogP contribution in [0.3, 0.4) is 0 Å². The summed E-state index contributed by atoms with van der Waals surface area (Å²) >= 11 is 0. The summed E-state index contributed by atoms with van der Waals surface area (Å²) in [5, 5.41) is 9.37. The summed E-state index contributed by atoms with van der Waals surface area (Å²) in [6, 6.07) is 5.07. The van der Waals surface area contributed by atoms with Crippen LogP contribution in [0.4, 0.5) is 11.4 Å². The number of aryl methyl sites for hydroxylation is 2. The van der Waals surface area contributed by atoms with E-state index in [0.717, 1.165) is 12.8 Å². The fourth-order valence-electron chi connectivity index (χ4n) is 2.41. The number of nitrogens with zero attached hydrogens (tertiary/aromatic N) is 2. The lowest BCUT2D eigenvalue weighted by molar-refractivity contribution is -0.116. The van der Waals surface area contributed by atoms with Crippen LogP contribution in [0.15, 0.2) is 22.7 Å². The summed E-state index contributed by atoms with van der Waals surface area (Å²) in [4.78, 5) is 27.6. The average molecular weight is 360 g/mol. The van der Waals surface area contributed by atoms with E-state index in [1.807, 2.05) is 0 Å². The Morgan fingerprint density at radius 3 is 2.73 bits per heavy atom. The highest BCUT2D eigenvalue weighted by Crippen LogP contribution is 2.27. The number of amides is 2. The third kappa shape index (κ3) is 5.87. The molecule has 0 spiro atoms. The standard InChI is InChI=1S/C18H24N4O4/c1-4-6-16-21-18(26-22-16)8-5-7-17(24)20-13-9-10-15(25-3)14(11-13)19-12(2)23/h9-11H,4-8H2,1-3H3,(H,19,23)(H,20,24). The highest BCUT2D eigenvalue weighted by molar-refractivity contribution is 5.94. The van der Waals surface area contributed by atoms with E-state index >= 15 is 0 Å². The molecule has 0 radical (unpaired) electrons. The predicted octanol–water partition coefficient (Wildman–Crippen LogP) is 2.95. The Kier molecular flexibility index (Phi) is 7.13. The minimum Gasteiger partial charge on any atom is -0.495 e. The largest absolute Gasteiger partial charge is 0.495 e. The van der Waals surface area contributed by atoms with Crippen molar-refractivity contribution in [2.45, 2.75) is 46.0 Å². The molecule has 0 bridgehead atoms. The molecule has 8 heteroatoms. The molecule has 0 fully saturated rings. The van der Waals surface area contributed by atoms with Gasteiger partial charge in [0.25, 0.3) is 0 Å². The molecular formula is C18H24N4O4. The molecule has 1 aromatic heterocycles. The number of carbonyl (C=O) groups excluding carboxylic acids is 2. The number of carbonyl (C=O) groups is 2. The van der Waals surface area contributed by atoms with Crippen molar-refractivity contribution in [2.75, 3.05) is 17.7 Å². The molecule has 2 N–H and O–H groups in total. The number of hydrogen-bond donors (Lipinski definition) is 2. The van der Waals surface area contributed by atoms with Gasteiger partial charge in [-0.05, 0) is 31.0 Å². The van der Waals surface area contributed by atoms with E-state index in [-0.39, 0.29) is 11.8 Å². The Hall–Kier alpha value is -2.90. The van der Waals surface area contributed by atoms with Gasteiger partial charge in [0.05, 0.1) is 12.8 Å². The van der Waals surface area contributed by atoms with Gasteiger partial charge in [-0.1, -0.05) is 12.1 Å². The number of aromatic nitrogens is 2. The highest BCUT2D eigenvalue weighted by Gasteiger charge is 2.10. The topological polar surface area (TPSA) is 106 Å². The molecule has 0 saturated carbocycles. The number of methoxy groups -OCH3 is 1. The smallest absolute Gasteiger partial charge is 0.226 e. The van der Waals surface area contributed by atoms with Crippen LogP contribution in [0.25, 0.3) is 0 Å². The number of ether oxygens (including phenoxy) is 1. The van der Waals surface area contributed by atoms with Crippen LogP contribution in [0.2, 0.25) is 0 Å². The molecule has 0 aliphatic heterocycles. The van der Waals surface area contributed by atoms with Gasteiger partial charge in [-0.15, -0.1) is 0 Å². The molecule has 26 heavy (non-hydrogen) atoms. The Morgan fingerprint density at radius 2 is 2.04 bits per heavy atom. The van der Waals surface area contributed by atoms with Gasteiger partial charge in [-0.25, -0.2) is 0 Å². The molecule has 0 aliphatic carbocycles. The number of anilines is 2. The van der Waals surface area contributed by atoms with Crippen molar-refractivity contribution in [1.29, 1.82) is 0 Å². The van der Waals surface area contributed by atoms with Crippen LogP contribution in [-0.2, 0) is 22.4 Å². The SMILES string of the molecule is CCCc1noc(CCCC(=O)Nc2ccc(OC)c(NC(C)=O)c2)n1. The van der Waals surface area contributed by atoms with E-state index in [1.165, 1.54) is 14.0 Å². The van der Waals surface area contributed by atoms with Gasteiger partial charge in [-0.2, -0.15) is 4.98 Å². The average Bonchev–Trinajstić information content (AvgIpc) is 3.02. The molecule has 140 valence electrons. The van der Waals surface area contributed by atoms with Crippen molar-refractivity contribution < 1.29 is 18.8 Å². The fraction of sp³-hybridized carbons (Fsp3) is 0.444. The van der Waals surface area contributed by atoms with Gasteiger partial charge < -0.3 is 19.9 Å². The van der Waals surface area contributed by atoms with Crippen LogP contribution in [0, 0.1) is 0 Å². The van der Waals surface area contributed by atoms with Crippen molar-refractivity contribution in [2.24, 2.45) is 0 Å². The van der Waals surface area contributed by atoms with Crippen LogP contribution in [0.5, 0.6) is 5.75 Å². The maximum absolute atomic E-state index is 12.1. The minimum absolute atomic E-state index is 0.128. The zero-order valence-corrected chi connectivity index (χ0v) is 15.3. The molecule has 2 aromatic rings. The normalized spacial score (nSPS) is 10.4. The van der Waals surface area contributed by atoms with E-state index < -0.39 is 0 Å². The first-order valence-electron chi connectivity index (χ1n) is 8.58. The summed E-state index contributed by atoms with van der Waals surface area (Å²) in [5.74, 6) is 1.44. The first kappa shape index (κ1) is 19.4. The molecule has 0 unspecified atom stereocenters. The zero-order chi connectivity index (χ0) is 18.9. The third-order valence-electron chi connectivity index (χ3n) is 3.57. The zero-order valence-electron chi connectivity index (χ0n) is 15.3. The van der Waals surface area contributed by atoms with Crippen molar-refractivity contribution in [3.63, 3.8) is 0 Å². The molecule has 2 amide bonds. The second-order valence-electron chi connectivity index (χ2n) is 5.85. The Labute approximate surface area is 152 Å². The van der Waals surface area contributed by atoms with Gasteiger partial charge in [0.15, 0.2) is 5.82 Å². The fourth-order valence-corrected chi connectivity index (χ4v) is 2.41. The molecule has 0 aliphatic rings. The van der Waals surface area contributed by atoms with Crippen molar-refractivity contribution in [3.8, 4) is 5.75 Å². The van der Waals surface area contributed by atoms with Gasteiger partial charge in [0.2, 0.25) is 17.7 Å². The van der Waals surface area contributed by atoms with Gasteiger partial charge >= 0.3 is 0 Å². The van der Waals surface area contributed by atoms with E-state index in [0.29, 0.717) is 48.1 Å². The molecular weight excluding hydrogens is 336 g/mol. The van der Waals surface area contributed by atoms with Crippen LogP contribution in [-0.4, -0.2) is 29.1 Å². The summed E-state index contributed by atoms with van der Waals surface area (Å²) in [7, 11) is 1.52. The summed E-state index contributed by atoms with van der Waals surface area (Å²) < 4.78 is 10.3. The minimum atomic E-state index is -0.214. The quantitative estimate of drug-likeness (QED) is 0.712. The summed E-state index contributed by atoms with van der Waals surface area (Å²) in [5.41, 5.74) is 1.09. The lowest BCUT2D eigenvalue weighted by Crippen LogP contribution is -2.13. The molecule has 8 nitrogen and oxygen atoms in total. The second-order valence-corrected chi connectivity index (χ2v) is 5.85.